The molecule has 14 heavy (non-hydrogen) atoms. The molecular formula is C8H9BN2O3. The maximum Gasteiger partial charge on any atom is 0.509 e. The van der Waals surface area contributed by atoms with E-state index < -0.39 is 7.12 Å². The van der Waals surface area contributed by atoms with E-state index in [0.717, 1.165) is 0 Å². The van der Waals surface area contributed by atoms with Gasteiger partial charge in [-0.2, -0.15) is 0 Å². The van der Waals surface area contributed by atoms with Crippen molar-refractivity contribution < 1.29 is 14.8 Å². The van der Waals surface area contributed by atoms with Gasteiger partial charge in [0.1, 0.15) is 11.4 Å². The summed E-state index contributed by atoms with van der Waals surface area (Å²) in [6.45, 7) is 0. The van der Waals surface area contributed by atoms with Gasteiger partial charge in [-0.25, -0.2) is 4.98 Å². The van der Waals surface area contributed by atoms with Gasteiger partial charge >= 0.3 is 7.12 Å². The lowest BCUT2D eigenvalue weighted by Crippen LogP contribution is -2.30. The van der Waals surface area contributed by atoms with E-state index in [1.165, 1.54) is 0 Å². The highest BCUT2D eigenvalue weighted by Crippen LogP contribution is 2.10. The average Bonchev–Trinajstić information content (AvgIpc) is 2.59. The minimum Gasteiger partial charge on any atom is -0.495 e. The third kappa shape index (κ3) is 1.45. The zero-order valence-electron chi connectivity index (χ0n) is 7.58. The summed E-state index contributed by atoms with van der Waals surface area (Å²) in [5.41, 5.74) is 0.868. The summed E-state index contributed by atoms with van der Waals surface area (Å²) in [4.78, 5) is 4.00. The van der Waals surface area contributed by atoms with Crippen molar-refractivity contribution in [2.75, 3.05) is 7.11 Å². The summed E-state index contributed by atoms with van der Waals surface area (Å²) in [6.07, 6.45) is 3.26. The van der Waals surface area contributed by atoms with E-state index in [0.29, 0.717) is 11.4 Å². The van der Waals surface area contributed by atoms with E-state index in [2.05, 4.69) is 4.98 Å². The molecule has 0 aliphatic rings. The van der Waals surface area contributed by atoms with Gasteiger partial charge in [-0.1, -0.05) is 0 Å². The van der Waals surface area contributed by atoms with Crippen LogP contribution in [0.25, 0.3) is 5.65 Å². The normalized spacial score (nSPS) is 10.5. The fourth-order valence-corrected chi connectivity index (χ4v) is 1.24. The van der Waals surface area contributed by atoms with Crippen LogP contribution in [0.1, 0.15) is 0 Å². The monoisotopic (exact) mass is 192 g/mol. The van der Waals surface area contributed by atoms with Crippen LogP contribution in [0.5, 0.6) is 5.75 Å². The number of rotatable bonds is 2. The first kappa shape index (κ1) is 9.05. The Bertz CT molecular complexity index is 455. The molecule has 0 fully saturated rings. The van der Waals surface area contributed by atoms with Crippen LogP contribution < -0.4 is 10.3 Å². The summed E-state index contributed by atoms with van der Waals surface area (Å²) in [5.74, 6) is 0.689. The second kappa shape index (κ2) is 3.32. The zero-order chi connectivity index (χ0) is 10.1. The van der Waals surface area contributed by atoms with Crippen molar-refractivity contribution in [2.24, 2.45) is 0 Å². The molecule has 0 bridgehead atoms. The van der Waals surface area contributed by atoms with Gasteiger partial charge in [0.05, 0.1) is 18.9 Å². The van der Waals surface area contributed by atoms with Crippen LogP contribution in [0.2, 0.25) is 0 Å². The van der Waals surface area contributed by atoms with Gasteiger partial charge in [-0.3, -0.25) is 0 Å². The highest BCUT2D eigenvalue weighted by Gasteiger charge is 2.15. The fourth-order valence-electron chi connectivity index (χ4n) is 1.24. The summed E-state index contributed by atoms with van der Waals surface area (Å²) >= 11 is 0. The zero-order valence-corrected chi connectivity index (χ0v) is 7.58. The molecule has 6 heteroatoms. The topological polar surface area (TPSA) is 67.0 Å². The van der Waals surface area contributed by atoms with Crippen LogP contribution in [-0.2, 0) is 0 Å². The van der Waals surface area contributed by atoms with Gasteiger partial charge < -0.3 is 19.2 Å². The van der Waals surface area contributed by atoms with Gasteiger partial charge in [0, 0.05) is 6.20 Å². The highest BCUT2D eigenvalue weighted by molar-refractivity contribution is 6.57. The smallest absolute Gasteiger partial charge is 0.495 e. The molecular weight excluding hydrogens is 183 g/mol. The molecule has 0 saturated heterocycles. The number of ether oxygens (including phenoxy) is 1. The largest absolute Gasteiger partial charge is 0.509 e. The fraction of sp³-hybridized carbons (Fsp3) is 0.125. The minimum atomic E-state index is -1.54. The highest BCUT2D eigenvalue weighted by atomic mass is 16.5. The molecule has 2 N–H and O–H groups in total. The molecule has 2 heterocycles. The Hall–Kier alpha value is -1.53. The maximum atomic E-state index is 8.90. The second-order valence-corrected chi connectivity index (χ2v) is 2.87. The van der Waals surface area contributed by atoms with Gasteiger partial charge in [-0.15, -0.1) is 0 Å². The van der Waals surface area contributed by atoms with Crippen molar-refractivity contribution in [3.05, 3.63) is 24.5 Å². The lowest BCUT2D eigenvalue weighted by atomic mass is 9.87. The predicted octanol–water partition coefficient (Wildman–Crippen LogP) is -0.977. The molecule has 0 aromatic carbocycles. The third-order valence-electron chi connectivity index (χ3n) is 1.94. The number of fused-ring (bicyclic) bond motifs is 1. The van der Waals surface area contributed by atoms with Crippen molar-refractivity contribution in [3.63, 3.8) is 0 Å². The molecule has 0 aliphatic carbocycles. The maximum absolute atomic E-state index is 8.90. The van der Waals surface area contributed by atoms with Crippen LogP contribution in [-0.4, -0.2) is 33.7 Å². The molecule has 0 aliphatic heterocycles. The first-order valence-corrected chi connectivity index (χ1v) is 4.09. The Morgan fingerprint density at radius 3 is 2.79 bits per heavy atom. The minimum absolute atomic E-state index is 0.221. The van der Waals surface area contributed by atoms with Gasteiger partial charge in [0.25, 0.3) is 0 Å². The van der Waals surface area contributed by atoms with E-state index >= 15 is 0 Å². The summed E-state index contributed by atoms with van der Waals surface area (Å²) in [7, 11) is 0.0285. The van der Waals surface area contributed by atoms with Crippen LogP contribution in [0.15, 0.2) is 24.5 Å². The molecule has 0 saturated carbocycles. The summed E-state index contributed by atoms with van der Waals surface area (Å²) < 4.78 is 6.69. The average molecular weight is 192 g/mol. The van der Waals surface area contributed by atoms with Crippen molar-refractivity contribution in [1.82, 2.24) is 9.38 Å². The Labute approximate surface area is 80.7 Å². The van der Waals surface area contributed by atoms with Gasteiger partial charge in [0.15, 0.2) is 0 Å². The van der Waals surface area contributed by atoms with E-state index in [4.69, 9.17) is 14.8 Å². The van der Waals surface area contributed by atoms with E-state index in [1.807, 2.05) is 0 Å². The number of nitrogens with zero attached hydrogens (tertiary/aromatic N) is 2. The number of imidazole rings is 1. The van der Waals surface area contributed by atoms with Crippen LogP contribution in [0.3, 0.4) is 0 Å². The first-order valence-electron chi connectivity index (χ1n) is 4.09. The number of methoxy groups -OCH3 is 1. The Morgan fingerprint density at radius 1 is 1.36 bits per heavy atom. The van der Waals surface area contributed by atoms with Crippen molar-refractivity contribution >= 4 is 18.4 Å². The van der Waals surface area contributed by atoms with Crippen molar-refractivity contribution in [2.45, 2.75) is 0 Å². The van der Waals surface area contributed by atoms with E-state index in [-0.39, 0.29) is 5.59 Å². The number of aromatic nitrogens is 2. The molecule has 5 nitrogen and oxygen atoms in total. The lowest BCUT2D eigenvalue weighted by molar-refractivity contribution is 0.412. The Kier molecular flexibility index (Phi) is 2.15. The van der Waals surface area contributed by atoms with E-state index in [9.17, 15) is 0 Å². The lowest BCUT2D eigenvalue weighted by Gasteiger charge is -1.98. The van der Waals surface area contributed by atoms with Crippen LogP contribution in [0.4, 0.5) is 0 Å². The number of hydrogen-bond donors (Lipinski definition) is 2. The Morgan fingerprint density at radius 2 is 2.14 bits per heavy atom. The standard InChI is InChI=1S/C8H9BN2O3/c1-14-6-2-3-8-10-7(9(12)13)5-11(8)4-6/h2-5,12-13H,1H3. The molecule has 0 atom stereocenters. The van der Waals surface area contributed by atoms with Gasteiger partial charge in [0.2, 0.25) is 0 Å². The first-order chi connectivity index (χ1) is 6.70. The van der Waals surface area contributed by atoms with E-state index in [1.54, 1.807) is 36.0 Å². The molecule has 2 aromatic rings. The molecule has 2 rings (SSSR count). The summed E-state index contributed by atoms with van der Waals surface area (Å²) in [6, 6.07) is 3.50. The molecule has 0 radical (unpaired) electrons. The number of hydrogen-bond acceptors (Lipinski definition) is 4. The molecule has 0 amide bonds. The predicted molar refractivity (Wildman–Crippen MR) is 51.6 cm³/mol. The SMILES string of the molecule is COc1ccc2nc(B(O)O)cn2c1. The number of pyridine rings is 1. The van der Waals surface area contributed by atoms with Crippen LogP contribution >= 0.6 is 0 Å². The van der Waals surface area contributed by atoms with Crippen molar-refractivity contribution in [1.29, 1.82) is 0 Å². The quantitative estimate of drug-likeness (QED) is 0.600. The molecule has 2 aromatic heterocycles. The summed E-state index contributed by atoms with van der Waals surface area (Å²) in [5, 5.41) is 17.8. The molecule has 0 spiro atoms. The third-order valence-corrected chi connectivity index (χ3v) is 1.94. The Balaban J connectivity index is 2.54. The molecule has 0 unspecified atom stereocenters. The second-order valence-electron chi connectivity index (χ2n) is 2.87. The van der Waals surface area contributed by atoms with Crippen LogP contribution in [0, 0.1) is 0 Å². The van der Waals surface area contributed by atoms with Crippen molar-refractivity contribution in [3.8, 4) is 5.75 Å². The van der Waals surface area contributed by atoms with Gasteiger partial charge in [-0.05, 0) is 12.1 Å². The molecule has 72 valence electrons.